The zero-order chi connectivity index (χ0) is 19.5. The van der Waals surface area contributed by atoms with E-state index in [0.29, 0.717) is 24.1 Å². The van der Waals surface area contributed by atoms with Crippen LogP contribution >= 0.6 is 24.0 Å². The highest BCUT2D eigenvalue weighted by atomic mass is 127. The Morgan fingerprint density at radius 3 is 2.54 bits per heavy atom. The molecule has 0 spiro atoms. The van der Waals surface area contributed by atoms with Crippen molar-refractivity contribution in [1.82, 2.24) is 5.32 Å². The Morgan fingerprint density at radius 2 is 1.86 bits per heavy atom. The second-order valence-corrected chi connectivity index (χ2v) is 5.88. The molecular formula is C21H30IN3O3. The number of benzene rings is 2. The van der Waals surface area contributed by atoms with E-state index in [1.165, 1.54) is 5.56 Å². The van der Waals surface area contributed by atoms with Crippen molar-refractivity contribution in [2.24, 2.45) is 4.99 Å². The normalized spacial score (nSPS) is 10.6. The number of nitrogens with zero attached hydrogens (tertiary/aromatic N) is 1. The maximum Gasteiger partial charge on any atom is 0.195 e. The van der Waals surface area contributed by atoms with Crippen molar-refractivity contribution >= 4 is 35.6 Å². The molecule has 154 valence electrons. The lowest BCUT2D eigenvalue weighted by Gasteiger charge is -2.14. The third kappa shape index (κ3) is 7.46. The largest absolute Gasteiger partial charge is 0.497 e. The first-order valence-corrected chi connectivity index (χ1v) is 9.11. The van der Waals surface area contributed by atoms with Crippen molar-refractivity contribution in [3.05, 3.63) is 48.0 Å². The van der Waals surface area contributed by atoms with Crippen LogP contribution in [0.1, 0.15) is 18.9 Å². The molecule has 0 saturated carbocycles. The topological polar surface area (TPSA) is 64.1 Å². The van der Waals surface area contributed by atoms with E-state index >= 15 is 0 Å². The fourth-order valence-corrected chi connectivity index (χ4v) is 2.67. The van der Waals surface area contributed by atoms with Gasteiger partial charge >= 0.3 is 0 Å². The molecule has 2 aromatic rings. The summed E-state index contributed by atoms with van der Waals surface area (Å²) in [6, 6.07) is 13.9. The standard InChI is InChI=1S/C21H29N3O3.HI/c1-5-27-20-15-17(11-12-19(20)26-4)24-21(22-2)23-13-7-9-16-8-6-10-18(14-16)25-3;/h6,8,10-12,14-15H,5,7,9,13H2,1-4H3,(H2,22,23,24);1H. The summed E-state index contributed by atoms with van der Waals surface area (Å²) in [5.74, 6) is 3.03. The van der Waals surface area contributed by atoms with Crippen LogP contribution in [0.25, 0.3) is 0 Å². The van der Waals surface area contributed by atoms with Crippen LogP contribution in [0.4, 0.5) is 5.69 Å². The highest BCUT2D eigenvalue weighted by molar-refractivity contribution is 14.0. The predicted molar refractivity (Wildman–Crippen MR) is 126 cm³/mol. The number of hydrogen-bond acceptors (Lipinski definition) is 4. The summed E-state index contributed by atoms with van der Waals surface area (Å²) < 4.78 is 16.2. The maximum atomic E-state index is 5.61. The third-order valence-corrected chi connectivity index (χ3v) is 4.02. The van der Waals surface area contributed by atoms with Crippen molar-refractivity contribution in [1.29, 1.82) is 0 Å². The molecule has 0 amide bonds. The van der Waals surface area contributed by atoms with Crippen LogP contribution in [0.5, 0.6) is 17.2 Å². The highest BCUT2D eigenvalue weighted by Crippen LogP contribution is 2.30. The van der Waals surface area contributed by atoms with Crippen LogP contribution in [-0.4, -0.2) is 40.4 Å². The molecular weight excluding hydrogens is 469 g/mol. The number of hydrogen-bond donors (Lipinski definition) is 2. The SMILES string of the molecule is CCOc1cc(NC(=NC)NCCCc2cccc(OC)c2)ccc1OC.I. The molecule has 0 aromatic heterocycles. The number of nitrogens with one attached hydrogen (secondary N) is 2. The van der Waals surface area contributed by atoms with Crippen molar-refractivity contribution in [2.45, 2.75) is 19.8 Å². The second-order valence-electron chi connectivity index (χ2n) is 5.88. The molecule has 0 unspecified atom stereocenters. The number of rotatable bonds is 9. The van der Waals surface area contributed by atoms with E-state index < -0.39 is 0 Å². The van der Waals surface area contributed by atoms with Gasteiger partial charge in [0.25, 0.3) is 0 Å². The predicted octanol–water partition coefficient (Wildman–Crippen LogP) is 4.34. The van der Waals surface area contributed by atoms with Gasteiger partial charge in [0.1, 0.15) is 5.75 Å². The Bertz CT molecular complexity index is 753. The van der Waals surface area contributed by atoms with Crippen molar-refractivity contribution in [3.8, 4) is 17.2 Å². The maximum absolute atomic E-state index is 5.61. The summed E-state index contributed by atoms with van der Waals surface area (Å²) in [4.78, 5) is 4.28. The molecule has 0 atom stereocenters. The average Bonchev–Trinajstić information content (AvgIpc) is 2.71. The molecule has 7 heteroatoms. The summed E-state index contributed by atoms with van der Waals surface area (Å²) in [5, 5.41) is 6.61. The highest BCUT2D eigenvalue weighted by Gasteiger charge is 2.07. The van der Waals surface area contributed by atoms with Gasteiger partial charge in [-0.3, -0.25) is 4.99 Å². The van der Waals surface area contributed by atoms with Crippen LogP contribution in [0.2, 0.25) is 0 Å². The molecule has 0 aliphatic heterocycles. The van der Waals surface area contributed by atoms with Crippen LogP contribution in [0, 0.1) is 0 Å². The quantitative estimate of drug-likeness (QED) is 0.233. The minimum Gasteiger partial charge on any atom is -0.497 e. The van der Waals surface area contributed by atoms with Gasteiger partial charge in [-0.25, -0.2) is 0 Å². The zero-order valence-electron chi connectivity index (χ0n) is 17.0. The van der Waals surface area contributed by atoms with E-state index in [-0.39, 0.29) is 24.0 Å². The first-order chi connectivity index (χ1) is 13.2. The molecule has 2 N–H and O–H groups in total. The lowest BCUT2D eigenvalue weighted by molar-refractivity contribution is 0.311. The van der Waals surface area contributed by atoms with Gasteiger partial charge < -0.3 is 24.8 Å². The first-order valence-electron chi connectivity index (χ1n) is 9.11. The Morgan fingerprint density at radius 1 is 1.04 bits per heavy atom. The van der Waals surface area contributed by atoms with Gasteiger partial charge in [-0.15, -0.1) is 24.0 Å². The molecule has 2 rings (SSSR count). The summed E-state index contributed by atoms with van der Waals surface area (Å²) in [5.41, 5.74) is 2.15. The van der Waals surface area contributed by atoms with Crippen molar-refractivity contribution in [3.63, 3.8) is 0 Å². The third-order valence-electron chi connectivity index (χ3n) is 4.02. The van der Waals surface area contributed by atoms with E-state index in [1.54, 1.807) is 21.3 Å². The molecule has 0 bridgehead atoms. The molecule has 2 aromatic carbocycles. The van der Waals surface area contributed by atoms with Crippen LogP contribution < -0.4 is 24.8 Å². The molecule has 0 aliphatic rings. The van der Waals surface area contributed by atoms with E-state index in [1.807, 2.05) is 37.3 Å². The molecule has 28 heavy (non-hydrogen) atoms. The Labute approximate surface area is 184 Å². The lowest BCUT2D eigenvalue weighted by atomic mass is 10.1. The van der Waals surface area contributed by atoms with E-state index in [9.17, 15) is 0 Å². The minimum absolute atomic E-state index is 0. The Hall–Kier alpha value is -2.16. The van der Waals surface area contributed by atoms with Gasteiger partial charge in [-0.1, -0.05) is 12.1 Å². The Balaban J connectivity index is 0.00000392. The van der Waals surface area contributed by atoms with Crippen molar-refractivity contribution in [2.75, 3.05) is 39.7 Å². The van der Waals surface area contributed by atoms with Crippen LogP contribution in [-0.2, 0) is 6.42 Å². The molecule has 0 heterocycles. The fraction of sp³-hybridized carbons (Fsp3) is 0.381. The molecule has 0 saturated heterocycles. The molecule has 0 radical (unpaired) electrons. The number of anilines is 1. The number of guanidine groups is 1. The van der Waals surface area contributed by atoms with Gasteiger partial charge in [-0.2, -0.15) is 0 Å². The van der Waals surface area contributed by atoms with E-state index in [2.05, 4.69) is 27.8 Å². The summed E-state index contributed by atoms with van der Waals surface area (Å²) >= 11 is 0. The molecule has 0 fully saturated rings. The number of halogens is 1. The van der Waals surface area contributed by atoms with Crippen LogP contribution in [0.15, 0.2) is 47.5 Å². The monoisotopic (exact) mass is 499 g/mol. The van der Waals surface area contributed by atoms with Gasteiger partial charge in [0.05, 0.1) is 20.8 Å². The van der Waals surface area contributed by atoms with E-state index in [4.69, 9.17) is 14.2 Å². The molecule has 0 aliphatic carbocycles. The second kappa shape index (κ2) is 13.1. The average molecular weight is 499 g/mol. The minimum atomic E-state index is 0. The summed E-state index contributed by atoms with van der Waals surface area (Å²) in [6.45, 7) is 3.34. The zero-order valence-corrected chi connectivity index (χ0v) is 19.3. The van der Waals surface area contributed by atoms with Crippen molar-refractivity contribution < 1.29 is 14.2 Å². The summed E-state index contributed by atoms with van der Waals surface area (Å²) in [7, 11) is 5.07. The number of aryl methyl sites for hydroxylation is 1. The summed E-state index contributed by atoms with van der Waals surface area (Å²) in [6.07, 6.45) is 1.96. The molecule has 6 nitrogen and oxygen atoms in total. The number of aliphatic imine (C=N–C) groups is 1. The van der Waals surface area contributed by atoms with Crippen LogP contribution in [0.3, 0.4) is 0 Å². The van der Waals surface area contributed by atoms with E-state index in [0.717, 1.165) is 30.8 Å². The van der Waals surface area contributed by atoms with Gasteiger partial charge in [0, 0.05) is 25.3 Å². The Kier molecular flexibility index (Phi) is 11.2. The van der Waals surface area contributed by atoms with Gasteiger partial charge in [-0.05, 0) is 49.6 Å². The number of ether oxygens (including phenoxy) is 3. The first kappa shape index (κ1) is 23.9. The smallest absolute Gasteiger partial charge is 0.195 e. The lowest BCUT2D eigenvalue weighted by Crippen LogP contribution is -2.31. The fourth-order valence-electron chi connectivity index (χ4n) is 2.67. The van der Waals surface area contributed by atoms with Gasteiger partial charge in [0.15, 0.2) is 17.5 Å². The van der Waals surface area contributed by atoms with Gasteiger partial charge in [0.2, 0.25) is 0 Å². The number of methoxy groups -OCH3 is 2.